The predicted octanol–water partition coefficient (Wildman–Crippen LogP) is 3.39. The highest BCUT2D eigenvalue weighted by Gasteiger charge is 1.95. The summed E-state index contributed by atoms with van der Waals surface area (Å²) >= 11 is 0. The maximum Gasteiger partial charge on any atom is 0.303 e. The van der Waals surface area contributed by atoms with Crippen molar-refractivity contribution >= 4 is 17.9 Å². The van der Waals surface area contributed by atoms with E-state index in [1.807, 2.05) is 0 Å². The smallest absolute Gasteiger partial charge is 0.303 e. The lowest BCUT2D eigenvalue weighted by atomic mass is 10.1. The Labute approximate surface area is 120 Å². The monoisotopic (exact) mass is 292 g/mol. The average Bonchev–Trinajstić information content (AvgIpc) is 2.33. The molecular weight excluding hydrogens is 264 g/mol. The standard InChI is InChI=1S/C9H18O2.C3H6O2.C2H4O2/c1-2-3-4-5-6-7-8-9(10)11;1-2-3(4)5;1-2(3)4/h2-8H2,1H3,(H,10,11);2H2,1H3,(H,4,5);1H3,(H,3,4). The van der Waals surface area contributed by atoms with E-state index in [1.165, 1.54) is 25.7 Å². The highest BCUT2D eigenvalue weighted by molar-refractivity contribution is 5.66. The highest BCUT2D eigenvalue weighted by Crippen LogP contribution is 2.06. The molecule has 6 nitrogen and oxygen atoms in total. The molecule has 0 radical (unpaired) electrons. The van der Waals surface area contributed by atoms with Gasteiger partial charge in [0.05, 0.1) is 0 Å². The van der Waals surface area contributed by atoms with Crippen LogP contribution in [0, 0.1) is 0 Å². The quantitative estimate of drug-likeness (QED) is 0.591. The molecule has 0 heterocycles. The average molecular weight is 292 g/mol. The van der Waals surface area contributed by atoms with Gasteiger partial charge in [-0.1, -0.05) is 46.0 Å². The van der Waals surface area contributed by atoms with Crippen LogP contribution in [0.25, 0.3) is 0 Å². The third-order valence-electron chi connectivity index (χ3n) is 2.05. The van der Waals surface area contributed by atoms with E-state index < -0.39 is 17.9 Å². The van der Waals surface area contributed by atoms with E-state index in [2.05, 4.69) is 6.92 Å². The number of carbonyl (C=O) groups is 3. The molecule has 0 saturated heterocycles. The van der Waals surface area contributed by atoms with Gasteiger partial charge in [0.15, 0.2) is 0 Å². The third kappa shape index (κ3) is 55.1. The van der Waals surface area contributed by atoms with Crippen LogP contribution in [0.2, 0.25) is 0 Å². The van der Waals surface area contributed by atoms with Crippen LogP contribution >= 0.6 is 0 Å². The van der Waals surface area contributed by atoms with E-state index in [4.69, 9.17) is 20.1 Å². The van der Waals surface area contributed by atoms with Crippen LogP contribution in [0.5, 0.6) is 0 Å². The second kappa shape index (κ2) is 19.7. The number of aliphatic carboxylic acids is 3. The predicted molar refractivity (Wildman–Crippen MR) is 76.9 cm³/mol. The first kappa shape index (κ1) is 23.5. The molecule has 0 atom stereocenters. The fourth-order valence-electron chi connectivity index (χ4n) is 1.06. The van der Waals surface area contributed by atoms with Gasteiger partial charge < -0.3 is 15.3 Å². The van der Waals surface area contributed by atoms with Crippen molar-refractivity contribution < 1.29 is 29.7 Å². The van der Waals surface area contributed by atoms with Gasteiger partial charge in [0.2, 0.25) is 0 Å². The molecule has 0 saturated carbocycles. The summed E-state index contributed by atoms with van der Waals surface area (Å²) < 4.78 is 0. The summed E-state index contributed by atoms with van der Waals surface area (Å²) in [5.41, 5.74) is 0. The molecule has 20 heavy (non-hydrogen) atoms. The fraction of sp³-hybridized carbons (Fsp3) is 0.786. The minimum absolute atomic E-state index is 0.222. The van der Waals surface area contributed by atoms with Crippen molar-refractivity contribution in [3.05, 3.63) is 0 Å². The zero-order chi connectivity index (χ0) is 16.4. The summed E-state index contributed by atoms with van der Waals surface area (Å²) in [5, 5.41) is 23.5. The minimum atomic E-state index is -0.833. The molecule has 0 aromatic rings. The molecule has 0 rings (SSSR count). The van der Waals surface area contributed by atoms with Crippen LogP contribution in [0.1, 0.15) is 72.1 Å². The van der Waals surface area contributed by atoms with E-state index >= 15 is 0 Å². The second-order valence-corrected chi connectivity index (χ2v) is 4.18. The number of carboxylic acid groups (broad SMARTS) is 3. The second-order valence-electron chi connectivity index (χ2n) is 4.18. The number of unbranched alkanes of at least 4 members (excludes halogenated alkanes) is 5. The van der Waals surface area contributed by atoms with Gasteiger partial charge in [0, 0.05) is 19.8 Å². The van der Waals surface area contributed by atoms with Gasteiger partial charge in [-0.15, -0.1) is 0 Å². The maximum absolute atomic E-state index is 10.1. The lowest BCUT2D eigenvalue weighted by Crippen LogP contribution is -1.93. The molecule has 0 aromatic heterocycles. The molecule has 120 valence electrons. The molecule has 0 bridgehead atoms. The van der Waals surface area contributed by atoms with E-state index in [1.54, 1.807) is 6.92 Å². The van der Waals surface area contributed by atoms with Gasteiger partial charge in [-0.25, -0.2) is 0 Å². The summed E-state index contributed by atoms with van der Waals surface area (Å²) in [6, 6.07) is 0. The van der Waals surface area contributed by atoms with Gasteiger partial charge in [-0.05, 0) is 6.42 Å². The molecule has 0 unspecified atom stereocenters. The van der Waals surface area contributed by atoms with Crippen LogP contribution in [0.15, 0.2) is 0 Å². The fourth-order valence-corrected chi connectivity index (χ4v) is 1.06. The molecule has 0 fully saturated rings. The lowest BCUT2D eigenvalue weighted by molar-refractivity contribution is -0.137. The molecule has 0 amide bonds. The zero-order valence-electron chi connectivity index (χ0n) is 12.7. The number of carboxylic acids is 3. The van der Waals surface area contributed by atoms with Crippen molar-refractivity contribution in [2.75, 3.05) is 0 Å². The van der Waals surface area contributed by atoms with Gasteiger partial charge in [-0.3, -0.25) is 14.4 Å². The van der Waals surface area contributed by atoms with Crippen LogP contribution in [0.3, 0.4) is 0 Å². The summed E-state index contributed by atoms with van der Waals surface area (Å²) in [6.07, 6.45) is 7.47. The molecule has 3 N–H and O–H groups in total. The lowest BCUT2D eigenvalue weighted by Gasteiger charge is -1.97. The molecular formula is C14H28O6. The summed E-state index contributed by atoms with van der Waals surface area (Å²) in [5.74, 6) is -2.24. The largest absolute Gasteiger partial charge is 0.481 e. The van der Waals surface area contributed by atoms with Crippen molar-refractivity contribution in [1.82, 2.24) is 0 Å². The van der Waals surface area contributed by atoms with E-state index in [9.17, 15) is 9.59 Å². The number of rotatable bonds is 8. The van der Waals surface area contributed by atoms with E-state index in [-0.39, 0.29) is 6.42 Å². The van der Waals surface area contributed by atoms with Crippen molar-refractivity contribution in [2.24, 2.45) is 0 Å². The Morgan fingerprint density at radius 2 is 1.10 bits per heavy atom. The Hall–Kier alpha value is -1.59. The first-order valence-electron chi connectivity index (χ1n) is 6.90. The molecule has 6 heteroatoms. The Morgan fingerprint density at radius 1 is 0.750 bits per heavy atom. The van der Waals surface area contributed by atoms with Crippen molar-refractivity contribution in [3.8, 4) is 0 Å². The number of hydrogen-bond donors (Lipinski definition) is 3. The summed E-state index contributed by atoms with van der Waals surface area (Å²) in [6.45, 7) is 4.86. The van der Waals surface area contributed by atoms with Crippen LogP contribution in [-0.4, -0.2) is 33.2 Å². The summed E-state index contributed by atoms with van der Waals surface area (Å²) in [4.78, 5) is 28.5. The Bertz CT molecular complexity index is 246. The zero-order valence-corrected chi connectivity index (χ0v) is 12.7. The topological polar surface area (TPSA) is 112 Å². The van der Waals surface area contributed by atoms with Crippen LogP contribution in [0.4, 0.5) is 0 Å². The van der Waals surface area contributed by atoms with Crippen LogP contribution in [-0.2, 0) is 14.4 Å². The first-order valence-corrected chi connectivity index (χ1v) is 6.90. The SMILES string of the molecule is CC(=O)O.CCC(=O)O.CCCCCCCCC(=O)O. The van der Waals surface area contributed by atoms with E-state index in [0.717, 1.165) is 19.8 Å². The van der Waals surface area contributed by atoms with Crippen molar-refractivity contribution in [3.63, 3.8) is 0 Å². The molecule has 0 aliphatic rings. The van der Waals surface area contributed by atoms with Crippen molar-refractivity contribution in [1.29, 1.82) is 0 Å². The molecule has 0 spiro atoms. The van der Waals surface area contributed by atoms with Gasteiger partial charge in [0.1, 0.15) is 0 Å². The Balaban J connectivity index is -0.000000266. The minimum Gasteiger partial charge on any atom is -0.481 e. The third-order valence-corrected chi connectivity index (χ3v) is 2.05. The van der Waals surface area contributed by atoms with Gasteiger partial charge in [-0.2, -0.15) is 0 Å². The van der Waals surface area contributed by atoms with Crippen LogP contribution < -0.4 is 0 Å². The first-order chi connectivity index (χ1) is 9.27. The Kier molecular flexibility index (Phi) is 23.2. The van der Waals surface area contributed by atoms with Gasteiger partial charge >= 0.3 is 11.9 Å². The molecule has 0 aliphatic carbocycles. The van der Waals surface area contributed by atoms with Crippen molar-refractivity contribution in [2.45, 2.75) is 72.1 Å². The maximum atomic E-state index is 10.1. The highest BCUT2D eigenvalue weighted by atomic mass is 16.4. The Morgan fingerprint density at radius 3 is 1.40 bits per heavy atom. The van der Waals surface area contributed by atoms with Gasteiger partial charge in [0.25, 0.3) is 5.97 Å². The summed E-state index contributed by atoms with van der Waals surface area (Å²) in [7, 11) is 0. The molecule has 0 aliphatic heterocycles. The number of hydrogen-bond acceptors (Lipinski definition) is 3. The molecule has 0 aromatic carbocycles. The normalized spacial score (nSPS) is 8.55. The van der Waals surface area contributed by atoms with E-state index in [0.29, 0.717) is 6.42 Å².